The lowest BCUT2D eigenvalue weighted by Crippen LogP contribution is -2.38. The summed E-state index contributed by atoms with van der Waals surface area (Å²) in [5.74, 6) is 0.201. The summed E-state index contributed by atoms with van der Waals surface area (Å²) in [4.78, 5) is 2.64. The van der Waals surface area contributed by atoms with E-state index in [0.29, 0.717) is 0 Å². The molecule has 0 saturated carbocycles. The predicted octanol–water partition coefficient (Wildman–Crippen LogP) is 12.5. The van der Waals surface area contributed by atoms with Gasteiger partial charge in [-0.05, 0) is 69.8 Å². The molecule has 10 rings (SSSR count). The lowest BCUT2D eigenvalue weighted by Gasteiger charge is -2.40. The number of allylic oxidation sites excluding steroid dienone is 5. The van der Waals surface area contributed by atoms with E-state index in [1.54, 1.807) is 0 Å². The third kappa shape index (κ3) is 4.43. The summed E-state index contributed by atoms with van der Waals surface area (Å²) in [6.45, 7) is 4.74. The number of fused-ring (bicyclic) bond motifs is 7. The standard InChI is InChI=1S/C49H38N2/c1-49(2)40-26-11-8-23-38(40)47-37(25-15-27-41(47)49)36-22-9-12-28-43(36)51(42-30-14-18-33-17-6-7-21-35(33)42)46-32-16-31-45-48(46)39-24-10-13-29-44(39)50(45)34-19-4-3-5-20-34/h3-32,35,42H,1-2H3. The molecule has 1 aromatic heterocycles. The molecule has 0 spiro atoms. The zero-order valence-corrected chi connectivity index (χ0v) is 28.9. The monoisotopic (exact) mass is 654 g/mol. The predicted molar refractivity (Wildman–Crippen MR) is 215 cm³/mol. The average Bonchev–Trinajstić information content (AvgIpc) is 3.65. The number of hydrogen-bond donors (Lipinski definition) is 0. The highest BCUT2D eigenvalue weighted by Crippen LogP contribution is 2.54. The first-order valence-corrected chi connectivity index (χ1v) is 18.0. The first-order chi connectivity index (χ1) is 25.1. The number of aromatic nitrogens is 1. The highest BCUT2D eigenvalue weighted by Gasteiger charge is 2.38. The summed E-state index contributed by atoms with van der Waals surface area (Å²) < 4.78 is 2.42. The molecule has 2 unspecified atom stereocenters. The molecule has 3 aliphatic rings. The van der Waals surface area contributed by atoms with Crippen LogP contribution >= 0.6 is 0 Å². The molecular formula is C49H38N2. The van der Waals surface area contributed by atoms with Gasteiger partial charge in [-0.2, -0.15) is 0 Å². The molecule has 0 saturated heterocycles. The van der Waals surface area contributed by atoms with Gasteiger partial charge in [-0.25, -0.2) is 0 Å². The molecule has 0 amide bonds. The Bertz CT molecular complexity index is 2630. The van der Waals surface area contributed by atoms with Crippen LogP contribution < -0.4 is 4.90 Å². The molecule has 2 nitrogen and oxygen atoms in total. The maximum absolute atomic E-state index is 2.64. The van der Waals surface area contributed by atoms with Gasteiger partial charge >= 0.3 is 0 Å². The molecule has 2 atom stereocenters. The van der Waals surface area contributed by atoms with Crippen LogP contribution in [0.4, 0.5) is 11.4 Å². The Morgan fingerprint density at radius 1 is 0.549 bits per heavy atom. The fraction of sp³-hybridized carbons (Fsp3) is 0.102. The van der Waals surface area contributed by atoms with Gasteiger partial charge in [0.2, 0.25) is 0 Å². The molecule has 0 bridgehead atoms. The Balaban J connectivity index is 1.28. The second kappa shape index (κ2) is 11.5. The van der Waals surface area contributed by atoms with Crippen molar-refractivity contribution in [2.75, 3.05) is 4.90 Å². The van der Waals surface area contributed by atoms with E-state index in [-0.39, 0.29) is 17.4 Å². The van der Waals surface area contributed by atoms with Crippen LogP contribution in [0.15, 0.2) is 188 Å². The van der Waals surface area contributed by atoms with E-state index in [4.69, 9.17) is 0 Å². The van der Waals surface area contributed by atoms with Crippen molar-refractivity contribution in [2.24, 2.45) is 5.92 Å². The second-order valence-corrected chi connectivity index (χ2v) is 14.5. The van der Waals surface area contributed by atoms with Gasteiger partial charge in [0, 0.05) is 39.0 Å². The van der Waals surface area contributed by atoms with E-state index in [1.165, 1.54) is 72.1 Å². The zero-order chi connectivity index (χ0) is 34.1. The first kappa shape index (κ1) is 29.8. The van der Waals surface area contributed by atoms with Crippen molar-refractivity contribution >= 4 is 33.2 Å². The molecule has 0 aliphatic heterocycles. The van der Waals surface area contributed by atoms with Crippen molar-refractivity contribution in [3.63, 3.8) is 0 Å². The van der Waals surface area contributed by atoms with E-state index in [0.717, 1.165) is 5.69 Å². The number of hydrogen-bond acceptors (Lipinski definition) is 1. The first-order valence-electron chi connectivity index (χ1n) is 18.0. The minimum Gasteiger partial charge on any atom is -0.332 e. The highest BCUT2D eigenvalue weighted by atomic mass is 15.2. The van der Waals surface area contributed by atoms with E-state index in [1.807, 2.05) is 0 Å². The molecule has 51 heavy (non-hydrogen) atoms. The molecule has 1 heterocycles. The number of para-hydroxylation sites is 3. The van der Waals surface area contributed by atoms with Crippen molar-refractivity contribution in [3.8, 4) is 27.9 Å². The number of benzene rings is 6. The normalized spacial score (nSPS) is 18.0. The molecule has 7 aromatic rings. The van der Waals surface area contributed by atoms with Gasteiger partial charge < -0.3 is 9.47 Å². The van der Waals surface area contributed by atoms with Crippen molar-refractivity contribution in [1.29, 1.82) is 0 Å². The van der Waals surface area contributed by atoms with Gasteiger partial charge in [-0.1, -0.05) is 160 Å². The summed E-state index contributed by atoms with van der Waals surface area (Å²) in [6.07, 6.45) is 16.0. The SMILES string of the molecule is CC1(C)c2ccccc2-c2c(-c3ccccc3N(c3cccc4c3c3ccccc3n4-c3ccccc3)C3C=CC=C4C=CC=CC43)cccc21. The Hall–Kier alpha value is -6.12. The summed E-state index contributed by atoms with van der Waals surface area (Å²) in [7, 11) is 0. The molecule has 0 fully saturated rings. The van der Waals surface area contributed by atoms with E-state index >= 15 is 0 Å². The molecule has 2 heteroatoms. The van der Waals surface area contributed by atoms with Crippen LogP contribution in [0.2, 0.25) is 0 Å². The lowest BCUT2D eigenvalue weighted by atomic mass is 9.81. The highest BCUT2D eigenvalue weighted by molar-refractivity contribution is 6.16. The minimum absolute atomic E-state index is 0.0530. The summed E-state index contributed by atoms with van der Waals surface area (Å²) in [5, 5.41) is 2.51. The van der Waals surface area contributed by atoms with Crippen LogP contribution in [-0.4, -0.2) is 10.6 Å². The molecule has 3 aliphatic carbocycles. The quantitative estimate of drug-likeness (QED) is 0.179. The molecular weight excluding hydrogens is 617 g/mol. The van der Waals surface area contributed by atoms with E-state index < -0.39 is 0 Å². The Labute approximate surface area is 299 Å². The van der Waals surface area contributed by atoms with Crippen molar-refractivity contribution in [3.05, 3.63) is 199 Å². The van der Waals surface area contributed by atoms with Gasteiger partial charge in [0.25, 0.3) is 0 Å². The zero-order valence-electron chi connectivity index (χ0n) is 28.9. The van der Waals surface area contributed by atoms with Gasteiger partial charge in [-0.15, -0.1) is 0 Å². The lowest BCUT2D eigenvalue weighted by molar-refractivity contribution is 0.641. The fourth-order valence-corrected chi connectivity index (χ4v) is 9.10. The van der Waals surface area contributed by atoms with Crippen LogP contribution in [0.3, 0.4) is 0 Å². The van der Waals surface area contributed by atoms with Crippen LogP contribution in [0.25, 0.3) is 49.7 Å². The van der Waals surface area contributed by atoms with Gasteiger partial charge in [-0.3, -0.25) is 0 Å². The number of rotatable bonds is 5. The molecule has 0 radical (unpaired) electrons. The summed E-state index contributed by atoms with van der Waals surface area (Å²) >= 11 is 0. The smallest absolute Gasteiger partial charge is 0.0629 e. The van der Waals surface area contributed by atoms with Crippen molar-refractivity contribution < 1.29 is 0 Å². The Morgan fingerprint density at radius 2 is 1.24 bits per heavy atom. The molecule has 6 aromatic carbocycles. The number of anilines is 2. The molecule has 244 valence electrons. The van der Waals surface area contributed by atoms with E-state index in [2.05, 4.69) is 205 Å². The average molecular weight is 655 g/mol. The summed E-state index contributed by atoms with van der Waals surface area (Å²) in [6, 6.07) is 51.6. The van der Waals surface area contributed by atoms with Crippen molar-refractivity contribution in [1.82, 2.24) is 4.57 Å². The number of nitrogens with zero attached hydrogens (tertiary/aromatic N) is 2. The van der Waals surface area contributed by atoms with Crippen LogP contribution in [0.1, 0.15) is 25.0 Å². The third-order valence-electron chi connectivity index (χ3n) is 11.4. The van der Waals surface area contributed by atoms with Crippen molar-refractivity contribution in [2.45, 2.75) is 25.3 Å². The van der Waals surface area contributed by atoms with Gasteiger partial charge in [0.15, 0.2) is 0 Å². The van der Waals surface area contributed by atoms with Crippen LogP contribution in [0.5, 0.6) is 0 Å². The van der Waals surface area contributed by atoms with Gasteiger partial charge in [0.1, 0.15) is 0 Å². The second-order valence-electron chi connectivity index (χ2n) is 14.5. The fourth-order valence-electron chi connectivity index (χ4n) is 9.10. The maximum atomic E-state index is 2.64. The Kier molecular flexibility index (Phi) is 6.69. The largest absolute Gasteiger partial charge is 0.332 e. The minimum atomic E-state index is -0.0769. The molecule has 0 N–H and O–H groups in total. The Morgan fingerprint density at radius 3 is 2.14 bits per heavy atom. The van der Waals surface area contributed by atoms with Crippen LogP contribution in [-0.2, 0) is 5.41 Å². The van der Waals surface area contributed by atoms with Crippen LogP contribution in [0, 0.1) is 5.92 Å². The van der Waals surface area contributed by atoms with Gasteiger partial charge in [0.05, 0.1) is 22.8 Å². The van der Waals surface area contributed by atoms with E-state index in [9.17, 15) is 0 Å². The topological polar surface area (TPSA) is 8.17 Å². The third-order valence-corrected chi connectivity index (χ3v) is 11.4. The maximum Gasteiger partial charge on any atom is 0.0629 e. The summed E-state index contributed by atoms with van der Waals surface area (Å²) in [5.41, 5.74) is 15.2.